The van der Waals surface area contributed by atoms with Gasteiger partial charge in [-0.05, 0) is 31.0 Å². The number of hydrogen-bond acceptors (Lipinski definition) is 7. The van der Waals surface area contributed by atoms with Gasteiger partial charge in [-0.25, -0.2) is 4.98 Å². The number of anilines is 1. The van der Waals surface area contributed by atoms with Crippen LogP contribution in [0.1, 0.15) is 35.0 Å². The second kappa shape index (κ2) is 9.53. The molecule has 0 saturated heterocycles. The molecule has 0 unspecified atom stereocenters. The topological polar surface area (TPSA) is 99.5 Å². The predicted molar refractivity (Wildman–Crippen MR) is 115 cm³/mol. The summed E-state index contributed by atoms with van der Waals surface area (Å²) in [6.07, 6.45) is 2.99. The summed E-state index contributed by atoms with van der Waals surface area (Å²) in [6.45, 7) is 3.80. The van der Waals surface area contributed by atoms with Crippen molar-refractivity contribution in [3.05, 3.63) is 51.4 Å². The van der Waals surface area contributed by atoms with E-state index >= 15 is 0 Å². The van der Waals surface area contributed by atoms with Gasteiger partial charge in [0.1, 0.15) is 17.1 Å². The van der Waals surface area contributed by atoms with Crippen LogP contribution in [0.5, 0.6) is 5.75 Å². The molecule has 9 heteroatoms. The Balaban J connectivity index is 1.87. The Bertz CT molecular complexity index is 1140. The Labute approximate surface area is 177 Å². The molecule has 158 valence electrons. The molecule has 0 fully saturated rings. The first-order valence-corrected chi connectivity index (χ1v) is 10.4. The van der Waals surface area contributed by atoms with Crippen LogP contribution in [0.4, 0.5) is 5.69 Å². The molecule has 0 saturated carbocycles. The summed E-state index contributed by atoms with van der Waals surface area (Å²) in [7, 11) is 1.52. The highest BCUT2D eigenvalue weighted by molar-refractivity contribution is 7.20. The van der Waals surface area contributed by atoms with Gasteiger partial charge in [-0.2, -0.15) is 0 Å². The fraction of sp³-hybridized carbons (Fsp3) is 0.333. The fourth-order valence-corrected chi connectivity index (χ4v) is 3.97. The van der Waals surface area contributed by atoms with Crippen LogP contribution in [0.25, 0.3) is 10.2 Å². The molecule has 0 spiro atoms. The lowest BCUT2D eigenvalue weighted by molar-refractivity contribution is -0.144. The predicted octanol–water partition coefficient (Wildman–Crippen LogP) is 3.37. The first-order chi connectivity index (χ1) is 14.5. The number of methoxy groups -OCH3 is 1. The molecule has 8 nitrogen and oxygen atoms in total. The Kier molecular flexibility index (Phi) is 6.83. The van der Waals surface area contributed by atoms with Crippen molar-refractivity contribution in [2.45, 2.75) is 33.2 Å². The molecule has 2 aromatic heterocycles. The third-order valence-corrected chi connectivity index (χ3v) is 5.74. The zero-order valence-electron chi connectivity index (χ0n) is 17.1. The summed E-state index contributed by atoms with van der Waals surface area (Å²) in [5.41, 5.74) is 0.674. The summed E-state index contributed by atoms with van der Waals surface area (Å²) in [5, 5.41) is 3.14. The van der Waals surface area contributed by atoms with Crippen molar-refractivity contribution < 1.29 is 19.1 Å². The molecule has 0 aliphatic carbocycles. The van der Waals surface area contributed by atoms with Crippen LogP contribution in [0.15, 0.2) is 35.4 Å². The number of carbonyl (C=O) groups excluding carboxylic acids is 2. The largest absolute Gasteiger partial charge is 0.495 e. The number of nitrogens with one attached hydrogen (secondary N) is 1. The molecule has 0 radical (unpaired) electrons. The zero-order valence-corrected chi connectivity index (χ0v) is 17.9. The van der Waals surface area contributed by atoms with Crippen LogP contribution in [-0.4, -0.2) is 35.1 Å². The van der Waals surface area contributed by atoms with E-state index in [4.69, 9.17) is 9.47 Å². The number of carbonyl (C=O) groups is 2. The minimum atomic E-state index is -0.492. The van der Waals surface area contributed by atoms with Crippen molar-refractivity contribution in [1.29, 1.82) is 0 Å². The van der Waals surface area contributed by atoms with E-state index in [2.05, 4.69) is 10.3 Å². The number of nitrogens with zero attached hydrogens (tertiary/aromatic N) is 2. The molecule has 0 aliphatic heterocycles. The van der Waals surface area contributed by atoms with Crippen LogP contribution in [0.3, 0.4) is 0 Å². The smallest absolute Gasteiger partial charge is 0.326 e. The summed E-state index contributed by atoms with van der Waals surface area (Å²) >= 11 is 1.13. The van der Waals surface area contributed by atoms with Gasteiger partial charge in [0.05, 0.1) is 36.0 Å². The van der Waals surface area contributed by atoms with E-state index in [0.717, 1.165) is 24.2 Å². The second-order valence-electron chi connectivity index (χ2n) is 6.64. The lowest BCUT2D eigenvalue weighted by atomic mass is 10.2. The van der Waals surface area contributed by atoms with Gasteiger partial charge in [-0.15, -0.1) is 11.3 Å². The molecule has 0 bridgehead atoms. The van der Waals surface area contributed by atoms with Gasteiger partial charge in [-0.1, -0.05) is 25.5 Å². The second-order valence-corrected chi connectivity index (χ2v) is 7.64. The maximum atomic E-state index is 12.9. The average molecular weight is 429 g/mol. The number of para-hydroxylation sites is 2. The quantitative estimate of drug-likeness (QED) is 0.435. The van der Waals surface area contributed by atoms with Gasteiger partial charge in [0, 0.05) is 0 Å². The molecule has 3 aromatic rings. The number of amides is 1. The first-order valence-electron chi connectivity index (χ1n) is 9.54. The third-order valence-electron chi connectivity index (χ3n) is 4.54. The molecular weight excluding hydrogens is 406 g/mol. The lowest BCUT2D eigenvalue weighted by Crippen LogP contribution is -2.26. The van der Waals surface area contributed by atoms with E-state index in [1.54, 1.807) is 31.2 Å². The molecule has 2 heterocycles. The van der Waals surface area contributed by atoms with E-state index < -0.39 is 5.97 Å². The fourth-order valence-electron chi connectivity index (χ4n) is 2.93. The number of thiophene rings is 1. The number of rotatable bonds is 8. The number of aryl methyl sites for hydroxylation is 1. The maximum absolute atomic E-state index is 12.9. The number of hydrogen-bond donors (Lipinski definition) is 1. The summed E-state index contributed by atoms with van der Waals surface area (Å²) < 4.78 is 11.6. The van der Waals surface area contributed by atoms with Crippen LogP contribution < -0.4 is 15.6 Å². The Hall–Kier alpha value is -3.20. The standard InChI is InChI=1S/C21H23N3O5S/c1-4-5-10-29-16(25)11-24-12-22-20-17(21(24)27)13(2)18(30-20)19(26)23-14-8-6-7-9-15(14)28-3/h6-9,12H,4-5,10-11H2,1-3H3,(H,23,26). The van der Waals surface area contributed by atoms with Crippen molar-refractivity contribution in [3.8, 4) is 5.75 Å². The van der Waals surface area contributed by atoms with Crippen molar-refractivity contribution in [2.75, 3.05) is 19.0 Å². The molecule has 1 N–H and O–H groups in total. The first kappa shape index (κ1) is 21.5. The number of benzene rings is 1. The monoisotopic (exact) mass is 429 g/mol. The van der Waals surface area contributed by atoms with E-state index in [-0.39, 0.29) is 18.0 Å². The summed E-state index contributed by atoms with van der Waals surface area (Å²) in [4.78, 5) is 42.7. The number of aromatic nitrogens is 2. The Morgan fingerprint density at radius 2 is 2.03 bits per heavy atom. The van der Waals surface area contributed by atoms with Gasteiger partial charge in [0.2, 0.25) is 0 Å². The highest BCUT2D eigenvalue weighted by Crippen LogP contribution is 2.29. The minimum Gasteiger partial charge on any atom is -0.495 e. The highest BCUT2D eigenvalue weighted by Gasteiger charge is 2.21. The molecule has 30 heavy (non-hydrogen) atoms. The van der Waals surface area contributed by atoms with Crippen molar-refractivity contribution in [3.63, 3.8) is 0 Å². The van der Waals surface area contributed by atoms with Crippen molar-refractivity contribution in [2.24, 2.45) is 0 Å². The number of ether oxygens (including phenoxy) is 2. The average Bonchev–Trinajstić information content (AvgIpc) is 3.08. The zero-order chi connectivity index (χ0) is 21.7. The molecule has 0 aliphatic rings. The Morgan fingerprint density at radius 3 is 2.77 bits per heavy atom. The van der Waals surface area contributed by atoms with Crippen LogP contribution in [0.2, 0.25) is 0 Å². The van der Waals surface area contributed by atoms with Crippen LogP contribution >= 0.6 is 11.3 Å². The van der Waals surface area contributed by atoms with Gasteiger partial charge >= 0.3 is 5.97 Å². The summed E-state index contributed by atoms with van der Waals surface area (Å²) in [5.74, 6) is -0.315. The molecule has 3 rings (SSSR count). The van der Waals surface area contributed by atoms with Gasteiger partial charge < -0.3 is 14.8 Å². The number of esters is 1. The number of unbranched alkanes of at least 4 members (excludes halogenated alkanes) is 1. The summed E-state index contributed by atoms with van der Waals surface area (Å²) in [6, 6.07) is 7.07. The van der Waals surface area contributed by atoms with E-state index in [1.807, 2.05) is 6.92 Å². The lowest BCUT2D eigenvalue weighted by Gasteiger charge is -2.09. The normalized spacial score (nSPS) is 10.8. The van der Waals surface area contributed by atoms with Gasteiger partial charge in [0.25, 0.3) is 11.5 Å². The van der Waals surface area contributed by atoms with E-state index in [1.165, 1.54) is 18.0 Å². The van der Waals surface area contributed by atoms with Crippen molar-refractivity contribution >= 4 is 39.1 Å². The van der Waals surface area contributed by atoms with Crippen LogP contribution in [0, 0.1) is 6.92 Å². The maximum Gasteiger partial charge on any atom is 0.326 e. The Morgan fingerprint density at radius 1 is 1.27 bits per heavy atom. The van der Waals surface area contributed by atoms with Gasteiger partial charge in [0.15, 0.2) is 0 Å². The molecule has 1 aromatic carbocycles. The minimum absolute atomic E-state index is 0.219. The SMILES string of the molecule is CCCCOC(=O)Cn1cnc2sc(C(=O)Nc3ccccc3OC)c(C)c2c1=O. The van der Waals surface area contributed by atoms with Crippen molar-refractivity contribution in [1.82, 2.24) is 9.55 Å². The number of fused-ring (bicyclic) bond motifs is 1. The van der Waals surface area contributed by atoms with E-state index in [9.17, 15) is 14.4 Å². The highest BCUT2D eigenvalue weighted by atomic mass is 32.1. The third kappa shape index (κ3) is 4.51. The molecule has 0 atom stereocenters. The van der Waals surface area contributed by atoms with Crippen LogP contribution in [-0.2, 0) is 16.1 Å². The van der Waals surface area contributed by atoms with Gasteiger partial charge in [-0.3, -0.25) is 19.0 Å². The van der Waals surface area contributed by atoms with E-state index in [0.29, 0.717) is 38.7 Å². The molecule has 1 amide bonds. The molecular formula is C21H23N3O5S.